The van der Waals surface area contributed by atoms with Gasteiger partial charge in [-0.1, -0.05) is 37.3 Å². The van der Waals surface area contributed by atoms with Crippen molar-refractivity contribution in [3.63, 3.8) is 0 Å². The van der Waals surface area contributed by atoms with Crippen molar-refractivity contribution in [1.82, 2.24) is 9.97 Å². The molecule has 5 nitrogen and oxygen atoms in total. The summed E-state index contributed by atoms with van der Waals surface area (Å²) in [6.07, 6.45) is 0. The maximum Gasteiger partial charge on any atom is 0.163 e. The highest BCUT2D eigenvalue weighted by Crippen LogP contribution is 2.21. The molecule has 21 heavy (non-hydrogen) atoms. The van der Waals surface area contributed by atoms with Gasteiger partial charge in [0.1, 0.15) is 11.6 Å². The topological polar surface area (TPSA) is 70.1 Å². The molecular formula is C16H22N4O. The molecule has 2 aromatic rings. The molecule has 0 aliphatic carbocycles. The molecule has 1 aromatic carbocycles. The third-order valence-electron chi connectivity index (χ3n) is 3.53. The minimum absolute atomic E-state index is 0.123. The Hall–Kier alpha value is -2.14. The van der Waals surface area contributed by atoms with Gasteiger partial charge in [0.2, 0.25) is 0 Å². The Bertz CT molecular complexity index is 574. The first kappa shape index (κ1) is 15.3. The fourth-order valence-electron chi connectivity index (χ4n) is 1.90. The lowest BCUT2D eigenvalue weighted by Gasteiger charge is -2.20. The molecule has 0 aliphatic rings. The number of nitrogens with zero attached hydrogens (tertiary/aromatic N) is 2. The summed E-state index contributed by atoms with van der Waals surface area (Å²) in [5, 5.41) is 15.6. The number of anilines is 2. The van der Waals surface area contributed by atoms with Crippen LogP contribution in [0.5, 0.6) is 0 Å². The molecule has 0 aliphatic heterocycles. The van der Waals surface area contributed by atoms with Crippen LogP contribution in [0.3, 0.4) is 0 Å². The second-order valence-corrected chi connectivity index (χ2v) is 5.17. The summed E-state index contributed by atoms with van der Waals surface area (Å²) in [4.78, 5) is 9.05. The van der Waals surface area contributed by atoms with Crippen LogP contribution in [0.15, 0.2) is 36.4 Å². The molecule has 1 aromatic heterocycles. The van der Waals surface area contributed by atoms with E-state index in [-0.39, 0.29) is 18.6 Å². The summed E-state index contributed by atoms with van der Waals surface area (Å²) in [6.45, 7) is 4.17. The molecule has 2 atom stereocenters. The molecular weight excluding hydrogens is 264 g/mol. The van der Waals surface area contributed by atoms with Gasteiger partial charge in [-0.2, -0.15) is 0 Å². The fourth-order valence-corrected chi connectivity index (χ4v) is 1.90. The van der Waals surface area contributed by atoms with Gasteiger partial charge >= 0.3 is 0 Å². The zero-order valence-corrected chi connectivity index (χ0v) is 12.7. The van der Waals surface area contributed by atoms with E-state index in [1.54, 1.807) is 0 Å². The van der Waals surface area contributed by atoms with Crippen molar-refractivity contribution in [1.29, 1.82) is 0 Å². The van der Waals surface area contributed by atoms with E-state index < -0.39 is 0 Å². The van der Waals surface area contributed by atoms with Crippen LogP contribution in [0, 0.1) is 5.92 Å². The molecule has 0 spiro atoms. The predicted molar refractivity (Wildman–Crippen MR) is 86.3 cm³/mol. The number of hydrogen-bond acceptors (Lipinski definition) is 5. The van der Waals surface area contributed by atoms with Crippen molar-refractivity contribution in [3.05, 3.63) is 36.4 Å². The quantitative estimate of drug-likeness (QED) is 0.761. The Labute approximate surface area is 125 Å². The zero-order chi connectivity index (χ0) is 15.2. The average molecular weight is 286 g/mol. The van der Waals surface area contributed by atoms with E-state index >= 15 is 0 Å². The van der Waals surface area contributed by atoms with Crippen molar-refractivity contribution < 1.29 is 5.11 Å². The molecule has 3 N–H and O–H groups in total. The van der Waals surface area contributed by atoms with E-state index in [2.05, 4.69) is 20.6 Å². The number of aliphatic hydroxyl groups excluding tert-OH is 1. The van der Waals surface area contributed by atoms with Gasteiger partial charge in [-0.05, 0) is 12.8 Å². The standard InChI is InChI=1S/C16H22N4O/c1-11(10-21)12(2)18-15-9-14(17-3)19-16(20-15)13-7-5-4-6-8-13/h4-9,11-12,21H,10H2,1-3H3,(H2,17,18,19,20). The molecule has 0 bridgehead atoms. The van der Waals surface area contributed by atoms with Crippen LogP contribution in [-0.2, 0) is 0 Å². The molecule has 112 valence electrons. The Kier molecular flexibility index (Phi) is 5.11. The number of aromatic nitrogens is 2. The van der Waals surface area contributed by atoms with Crippen LogP contribution in [0.1, 0.15) is 13.8 Å². The molecule has 0 saturated carbocycles. The molecule has 0 saturated heterocycles. The zero-order valence-electron chi connectivity index (χ0n) is 12.7. The Morgan fingerprint density at radius 1 is 1.10 bits per heavy atom. The van der Waals surface area contributed by atoms with Crippen molar-refractivity contribution in [3.8, 4) is 11.4 Å². The monoisotopic (exact) mass is 286 g/mol. The van der Waals surface area contributed by atoms with Gasteiger partial charge in [0.05, 0.1) is 0 Å². The lowest BCUT2D eigenvalue weighted by atomic mass is 10.1. The minimum Gasteiger partial charge on any atom is -0.396 e. The Morgan fingerprint density at radius 2 is 1.76 bits per heavy atom. The average Bonchev–Trinajstić information content (AvgIpc) is 2.54. The van der Waals surface area contributed by atoms with Crippen LogP contribution >= 0.6 is 0 Å². The van der Waals surface area contributed by atoms with Crippen LogP contribution < -0.4 is 10.6 Å². The van der Waals surface area contributed by atoms with Crippen LogP contribution in [0.4, 0.5) is 11.6 Å². The van der Waals surface area contributed by atoms with Crippen LogP contribution in [0.25, 0.3) is 11.4 Å². The SMILES string of the molecule is CNc1cc(NC(C)C(C)CO)nc(-c2ccccc2)n1. The number of aliphatic hydroxyl groups is 1. The van der Waals surface area contributed by atoms with Crippen LogP contribution in [-0.4, -0.2) is 34.8 Å². The van der Waals surface area contributed by atoms with Crippen molar-refractivity contribution in [2.75, 3.05) is 24.3 Å². The first-order valence-electron chi connectivity index (χ1n) is 7.13. The van der Waals surface area contributed by atoms with E-state index in [0.717, 1.165) is 17.2 Å². The maximum atomic E-state index is 9.23. The third kappa shape index (κ3) is 3.92. The van der Waals surface area contributed by atoms with Gasteiger partial charge < -0.3 is 15.7 Å². The van der Waals surface area contributed by atoms with Gasteiger partial charge in [-0.3, -0.25) is 0 Å². The summed E-state index contributed by atoms with van der Waals surface area (Å²) >= 11 is 0. The summed E-state index contributed by atoms with van der Waals surface area (Å²) in [5.74, 6) is 2.34. The lowest BCUT2D eigenvalue weighted by Crippen LogP contribution is -2.26. The van der Waals surface area contributed by atoms with Crippen molar-refractivity contribution in [2.45, 2.75) is 19.9 Å². The van der Waals surface area contributed by atoms with E-state index in [1.165, 1.54) is 0 Å². The predicted octanol–water partition coefficient (Wildman–Crippen LogP) is 2.61. The molecule has 1 heterocycles. The second-order valence-electron chi connectivity index (χ2n) is 5.17. The highest BCUT2D eigenvalue weighted by molar-refractivity contribution is 5.61. The van der Waals surface area contributed by atoms with E-state index in [1.807, 2.05) is 57.3 Å². The highest BCUT2D eigenvalue weighted by atomic mass is 16.3. The number of nitrogens with one attached hydrogen (secondary N) is 2. The smallest absolute Gasteiger partial charge is 0.163 e. The minimum atomic E-state index is 0.123. The Balaban J connectivity index is 2.30. The molecule has 2 rings (SSSR count). The van der Waals surface area contributed by atoms with Gasteiger partial charge in [0, 0.05) is 31.3 Å². The number of hydrogen-bond donors (Lipinski definition) is 3. The van der Waals surface area contributed by atoms with Gasteiger partial charge in [0.15, 0.2) is 5.82 Å². The summed E-state index contributed by atoms with van der Waals surface area (Å²) in [7, 11) is 1.83. The summed E-state index contributed by atoms with van der Waals surface area (Å²) in [5.41, 5.74) is 0.973. The Morgan fingerprint density at radius 3 is 2.38 bits per heavy atom. The molecule has 0 radical (unpaired) electrons. The largest absolute Gasteiger partial charge is 0.396 e. The summed E-state index contributed by atoms with van der Waals surface area (Å²) < 4.78 is 0. The first-order valence-corrected chi connectivity index (χ1v) is 7.13. The van der Waals surface area contributed by atoms with E-state index in [9.17, 15) is 5.11 Å². The van der Waals surface area contributed by atoms with E-state index in [0.29, 0.717) is 5.82 Å². The lowest BCUT2D eigenvalue weighted by molar-refractivity contribution is 0.226. The highest BCUT2D eigenvalue weighted by Gasteiger charge is 2.13. The van der Waals surface area contributed by atoms with Crippen molar-refractivity contribution >= 4 is 11.6 Å². The van der Waals surface area contributed by atoms with Crippen molar-refractivity contribution in [2.24, 2.45) is 5.92 Å². The van der Waals surface area contributed by atoms with Gasteiger partial charge in [-0.15, -0.1) is 0 Å². The molecule has 5 heteroatoms. The first-order chi connectivity index (χ1) is 10.1. The fraction of sp³-hybridized carbons (Fsp3) is 0.375. The van der Waals surface area contributed by atoms with Crippen LogP contribution in [0.2, 0.25) is 0 Å². The number of benzene rings is 1. The summed E-state index contributed by atoms with van der Waals surface area (Å²) in [6, 6.07) is 11.9. The van der Waals surface area contributed by atoms with Gasteiger partial charge in [-0.25, -0.2) is 9.97 Å². The van der Waals surface area contributed by atoms with Gasteiger partial charge in [0.25, 0.3) is 0 Å². The third-order valence-corrected chi connectivity index (χ3v) is 3.53. The molecule has 2 unspecified atom stereocenters. The number of rotatable bonds is 6. The molecule has 0 fully saturated rings. The molecule has 0 amide bonds. The maximum absolute atomic E-state index is 9.23. The van der Waals surface area contributed by atoms with E-state index in [4.69, 9.17) is 0 Å². The second kappa shape index (κ2) is 7.04. The normalized spacial score (nSPS) is 13.5.